The van der Waals surface area contributed by atoms with Crippen molar-refractivity contribution in [2.24, 2.45) is 0 Å². The van der Waals surface area contributed by atoms with Crippen LogP contribution in [0, 0.1) is 18.6 Å². The van der Waals surface area contributed by atoms with E-state index in [-0.39, 0.29) is 27.5 Å². The fraction of sp³-hybridized carbons (Fsp3) is 0.0909. The Morgan fingerprint density at radius 1 is 1.25 bits per heavy atom. The Morgan fingerprint density at radius 3 is 2.69 bits per heavy atom. The molecule has 1 aliphatic rings. The SMILES string of the molecule is CC(=O)N(c1nc(/C=C2\NC(=S)N(c3ccccc3C)C2=O)cs1)c1ccc(F)cc1F. The fourth-order valence-corrected chi connectivity index (χ4v) is 4.36. The number of hydrogen-bond donors (Lipinski definition) is 1. The van der Waals surface area contributed by atoms with Crippen molar-refractivity contribution in [3.8, 4) is 0 Å². The molecule has 1 aliphatic heterocycles. The lowest BCUT2D eigenvalue weighted by molar-refractivity contribution is -0.116. The zero-order chi connectivity index (χ0) is 23.0. The number of rotatable bonds is 4. The molecule has 10 heteroatoms. The number of thiocarbonyl (C=S) groups is 1. The van der Waals surface area contributed by atoms with E-state index in [1.807, 2.05) is 25.1 Å². The minimum atomic E-state index is -0.887. The lowest BCUT2D eigenvalue weighted by Crippen LogP contribution is -2.30. The van der Waals surface area contributed by atoms with Gasteiger partial charge in [-0.1, -0.05) is 18.2 Å². The van der Waals surface area contributed by atoms with Crippen LogP contribution < -0.4 is 15.1 Å². The van der Waals surface area contributed by atoms with Crippen molar-refractivity contribution >= 4 is 63.1 Å². The molecule has 0 aliphatic carbocycles. The average Bonchev–Trinajstić information content (AvgIpc) is 3.29. The van der Waals surface area contributed by atoms with Crippen molar-refractivity contribution in [3.05, 3.63) is 76.4 Å². The number of amides is 2. The van der Waals surface area contributed by atoms with Crippen molar-refractivity contribution in [1.29, 1.82) is 0 Å². The number of carbonyl (C=O) groups excluding carboxylic acids is 2. The van der Waals surface area contributed by atoms with E-state index in [9.17, 15) is 18.4 Å². The molecule has 0 spiro atoms. The third-order valence-electron chi connectivity index (χ3n) is 4.69. The highest BCUT2D eigenvalue weighted by molar-refractivity contribution is 7.80. The molecule has 0 bridgehead atoms. The van der Waals surface area contributed by atoms with Crippen molar-refractivity contribution in [2.75, 3.05) is 9.80 Å². The summed E-state index contributed by atoms with van der Waals surface area (Å²) >= 11 is 6.41. The second kappa shape index (κ2) is 8.56. The van der Waals surface area contributed by atoms with E-state index >= 15 is 0 Å². The summed E-state index contributed by atoms with van der Waals surface area (Å²) in [5, 5.41) is 4.93. The maximum absolute atomic E-state index is 14.3. The smallest absolute Gasteiger partial charge is 0.281 e. The first-order valence-corrected chi connectivity index (χ1v) is 10.7. The van der Waals surface area contributed by atoms with Gasteiger partial charge in [-0.25, -0.2) is 13.8 Å². The Labute approximate surface area is 191 Å². The predicted octanol–water partition coefficient (Wildman–Crippen LogP) is 4.68. The van der Waals surface area contributed by atoms with Gasteiger partial charge in [-0.15, -0.1) is 11.3 Å². The second-order valence-electron chi connectivity index (χ2n) is 6.92. The lowest BCUT2D eigenvalue weighted by Gasteiger charge is -2.18. The summed E-state index contributed by atoms with van der Waals surface area (Å²) in [5.41, 5.74) is 2.04. The second-order valence-corrected chi connectivity index (χ2v) is 8.14. The molecule has 3 aromatic rings. The normalized spacial score (nSPS) is 14.8. The molecule has 0 atom stereocenters. The van der Waals surface area contributed by atoms with Gasteiger partial charge in [-0.3, -0.25) is 19.4 Å². The Kier molecular flexibility index (Phi) is 5.81. The van der Waals surface area contributed by atoms with E-state index in [1.54, 1.807) is 11.4 Å². The molecule has 0 radical (unpaired) electrons. The molecule has 6 nitrogen and oxygen atoms in total. The third-order valence-corrected chi connectivity index (χ3v) is 5.82. The average molecular weight is 471 g/mol. The summed E-state index contributed by atoms with van der Waals surface area (Å²) in [5.74, 6) is -2.47. The van der Waals surface area contributed by atoms with Gasteiger partial charge in [0.2, 0.25) is 5.91 Å². The Hall–Kier alpha value is -3.50. The van der Waals surface area contributed by atoms with Crippen molar-refractivity contribution in [2.45, 2.75) is 13.8 Å². The maximum Gasteiger partial charge on any atom is 0.281 e. The maximum atomic E-state index is 14.3. The van der Waals surface area contributed by atoms with Crippen LogP contribution in [0.5, 0.6) is 0 Å². The fourth-order valence-electron chi connectivity index (χ4n) is 3.23. The number of carbonyl (C=O) groups is 2. The molecular formula is C22H16F2N4O2S2. The zero-order valence-electron chi connectivity index (χ0n) is 16.9. The van der Waals surface area contributed by atoms with Crippen LogP contribution in [0.1, 0.15) is 18.2 Å². The van der Waals surface area contributed by atoms with E-state index in [1.165, 1.54) is 24.0 Å². The molecule has 1 N–H and O–H groups in total. The van der Waals surface area contributed by atoms with E-state index in [2.05, 4.69) is 10.3 Å². The molecule has 2 aromatic carbocycles. The minimum Gasteiger partial charge on any atom is -0.327 e. The number of aryl methyl sites for hydroxylation is 1. The van der Waals surface area contributed by atoms with Gasteiger partial charge in [0.15, 0.2) is 10.2 Å². The zero-order valence-corrected chi connectivity index (χ0v) is 18.6. The molecule has 32 heavy (non-hydrogen) atoms. The first kappa shape index (κ1) is 21.7. The summed E-state index contributed by atoms with van der Waals surface area (Å²) in [6.07, 6.45) is 1.51. The van der Waals surface area contributed by atoms with E-state index in [4.69, 9.17) is 12.2 Å². The number of anilines is 3. The Bertz CT molecular complexity index is 1290. The molecule has 1 aromatic heterocycles. The summed E-state index contributed by atoms with van der Waals surface area (Å²) in [6.45, 7) is 3.13. The molecular weight excluding hydrogens is 454 g/mol. The Balaban J connectivity index is 1.65. The van der Waals surface area contributed by atoms with Crippen LogP contribution in [-0.4, -0.2) is 21.9 Å². The lowest BCUT2D eigenvalue weighted by atomic mass is 10.2. The summed E-state index contributed by atoms with van der Waals surface area (Å²) in [4.78, 5) is 31.9. The van der Waals surface area contributed by atoms with Crippen LogP contribution in [0.15, 0.2) is 53.5 Å². The number of hydrogen-bond acceptors (Lipinski definition) is 5. The summed E-state index contributed by atoms with van der Waals surface area (Å²) < 4.78 is 27.5. The summed E-state index contributed by atoms with van der Waals surface area (Å²) in [7, 11) is 0. The highest BCUT2D eigenvalue weighted by Crippen LogP contribution is 2.32. The molecule has 1 saturated heterocycles. The van der Waals surface area contributed by atoms with Gasteiger partial charge >= 0.3 is 0 Å². The standard InChI is InChI=1S/C22H16F2N4O2S2/c1-12-5-3-4-6-18(12)28-20(30)17(26-21(28)31)10-15-11-32-22(25-15)27(13(2)29)19-8-7-14(23)9-16(19)24/h3-11H,1-2H3,(H,26,31)/b17-10-. The van der Waals surface area contributed by atoms with Crippen LogP contribution in [-0.2, 0) is 9.59 Å². The number of nitrogens with zero attached hydrogens (tertiary/aromatic N) is 3. The van der Waals surface area contributed by atoms with E-state index < -0.39 is 17.5 Å². The molecule has 4 rings (SSSR count). The monoisotopic (exact) mass is 470 g/mol. The highest BCUT2D eigenvalue weighted by atomic mass is 32.1. The largest absolute Gasteiger partial charge is 0.327 e. The van der Waals surface area contributed by atoms with Crippen molar-refractivity contribution in [1.82, 2.24) is 10.3 Å². The molecule has 1 fully saturated rings. The van der Waals surface area contributed by atoms with Gasteiger partial charge in [-0.05, 0) is 49.0 Å². The number of thiazole rings is 1. The third kappa shape index (κ3) is 4.02. The van der Waals surface area contributed by atoms with Crippen molar-refractivity contribution < 1.29 is 18.4 Å². The van der Waals surface area contributed by atoms with E-state index in [0.29, 0.717) is 17.4 Å². The minimum absolute atomic E-state index is 0.116. The number of aromatic nitrogens is 1. The van der Waals surface area contributed by atoms with Crippen LogP contribution in [0.2, 0.25) is 0 Å². The van der Waals surface area contributed by atoms with Crippen LogP contribution >= 0.6 is 23.6 Å². The predicted molar refractivity (Wildman–Crippen MR) is 124 cm³/mol. The van der Waals surface area contributed by atoms with Crippen LogP contribution in [0.25, 0.3) is 6.08 Å². The molecule has 2 heterocycles. The van der Waals surface area contributed by atoms with Crippen LogP contribution in [0.3, 0.4) is 0 Å². The topological polar surface area (TPSA) is 65.5 Å². The Morgan fingerprint density at radius 2 is 2.00 bits per heavy atom. The number of para-hydroxylation sites is 1. The van der Waals surface area contributed by atoms with Crippen molar-refractivity contribution in [3.63, 3.8) is 0 Å². The van der Waals surface area contributed by atoms with Gasteiger partial charge in [0.05, 0.1) is 17.1 Å². The number of halogens is 2. The van der Waals surface area contributed by atoms with Gasteiger partial charge in [0.1, 0.15) is 17.3 Å². The number of benzene rings is 2. The molecule has 0 saturated carbocycles. The molecule has 0 unspecified atom stereocenters. The summed E-state index contributed by atoms with van der Waals surface area (Å²) in [6, 6.07) is 10.3. The highest BCUT2D eigenvalue weighted by Gasteiger charge is 2.33. The van der Waals surface area contributed by atoms with Gasteiger partial charge in [0.25, 0.3) is 5.91 Å². The van der Waals surface area contributed by atoms with Gasteiger partial charge in [-0.2, -0.15) is 0 Å². The first-order valence-electron chi connectivity index (χ1n) is 9.40. The first-order chi connectivity index (χ1) is 15.3. The molecule has 2 amide bonds. The molecule has 162 valence electrons. The van der Waals surface area contributed by atoms with Gasteiger partial charge < -0.3 is 5.32 Å². The number of nitrogens with one attached hydrogen (secondary N) is 1. The van der Waals surface area contributed by atoms with Crippen LogP contribution in [0.4, 0.5) is 25.3 Å². The quantitative estimate of drug-likeness (QED) is 0.443. The van der Waals surface area contributed by atoms with E-state index in [0.717, 1.165) is 27.9 Å². The van der Waals surface area contributed by atoms with Gasteiger partial charge in [0, 0.05) is 18.4 Å².